The van der Waals surface area contributed by atoms with Crippen molar-refractivity contribution in [1.29, 1.82) is 0 Å². The minimum Gasteiger partial charge on any atom is -0.358 e. The molecule has 1 atom stereocenters. The number of fused-ring (bicyclic) bond motifs is 1. The maximum Gasteiger partial charge on any atom is 0.256 e. The van der Waals surface area contributed by atoms with Crippen LogP contribution >= 0.6 is 12.4 Å². The largest absolute Gasteiger partial charge is 0.358 e. The predicted octanol–water partition coefficient (Wildman–Crippen LogP) is 4.88. The Morgan fingerprint density at radius 1 is 1.13 bits per heavy atom. The number of anilines is 1. The third-order valence-corrected chi connectivity index (χ3v) is 7.36. The molecular formula is C30H31ClN6O2. The van der Waals surface area contributed by atoms with Gasteiger partial charge in [-0.1, -0.05) is 24.3 Å². The number of benzene rings is 2. The molecule has 4 heterocycles. The molecule has 8 nitrogen and oxygen atoms in total. The van der Waals surface area contributed by atoms with Crippen molar-refractivity contribution in [2.24, 2.45) is 0 Å². The summed E-state index contributed by atoms with van der Waals surface area (Å²) in [7, 11) is 0. The predicted molar refractivity (Wildman–Crippen MR) is 156 cm³/mol. The van der Waals surface area contributed by atoms with Crippen LogP contribution in [0.4, 0.5) is 5.69 Å². The lowest BCUT2D eigenvalue weighted by atomic mass is 9.99. The first-order valence-corrected chi connectivity index (χ1v) is 13.0. The summed E-state index contributed by atoms with van der Waals surface area (Å²) in [5.41, 5.74) is 8.08. The van der Waals surface area contributed by atoms with Gasteiger partial charge in [0.1, 0.15) is 0 Å². The van der Waals surface area contributed by atoms with E-state index in [2.05, 4.69) is 26.0 Å². The number of aromatic amines is 1. The van der Waals surface area contributed by atoms with Gasteiger partial charge in [-0.3, -0.25) is 9.59 Å². The van der Waals surface area contributed by atoms with Crippen LogP contribution in [0.3, 0.4) is 0 Å². The zero-order valence-electron chi connectivity index (χ0n) is 21.9. The Hall–Kier alpha value is -4.14. The SMILES string of the molecule is Cc1[nH]c(C=C2C(=O)Nc3ccc(-c4cnn(-c5ccccc5)c4)cc32)c(C)c1C(=O)NC1CCCNC1.Cl. The third-order valence-electron chi connectivity index (χ3n) is 7.36. The van der Waals surface area contributed by atoms with E-state index in [1.165, 1.54) is 0 Å². The Balaban J connectivity index is 0.00000308. The molecule has 39 heavy (non-hydrogen) atoms. The molecule has 6 rings (SSSR count). The minimum atomic E-state index is -0.164. The van der Waals surface area contributed by atoms with E-state index >= 15 is 0 Å². The Labute approximate surface area is 233 Å². The molecule has 0 spiro atoms. The molecule has 9 heteroatoms. The van der Waals surface area contributed by atoms with Crippen LogP contribution in [0, 0.1) is 13.8 Å². The average Bonchev–Trinajstić information content (AvgIpc) is 3.61. The smallest absolute Gasteiger partial charge is 0.256 e. The van der Waals surface area contributed by atoms with Crippen molar-refractivity contribution in [2.75, 3.05) is 18.4 Å². The number of nitrogens with one attached hydrogen (secondary N) is 4. The molecule has 2 amide bonds. The van der Waals surface area contributed by atoms with Gasteiger partial charge in [-0.25, -0.2) is 4.68 Å². The van der Waals surface area contributed by atoms with Crippen LogP contribution in [0.1, 0.15) is 45.7 Å². The number of aryl methyl sites for hydroxylation is 1. The van der Waals surface area contributed by atoms with E-state index in [-0.39, 0.29) is 30.3 Å². The van der Waals surface area contributed by atoms with Crippen molar-refractivity contribution in [3.05, 3.63) is 89.0 Å². The fourth-order valence-corrected chi connectivity index (χ4v) is 5.34. The number of hydrogen-bond acceptors (Lipinski definition) is 4. The van der Waals surface area contributed by atoms with Crippen molar-refractivity contribution < 1.29 is 9.59 Å². The van der Waals surface area contributed by atoms with Crippen LogP contribution in [-0.2, 0) is 4.79 Å². The Bertz CT molecular complexity index is 1560. The first kappa shape index (κ1) is 26.5. The van der Waals surface area contributed by atoms with Crippen molar-refractivity contribution >= 4 is 41.6 Å². The number of amides is 2. The number of para-hydroxylation sites is 1. The standard InChI is InChI=1S/C30H30N6O2.ClH/c1-18-27(33-19(2)28(18)30(38)34-22-7-6-12-31-16-22)14-25-24-13-20(10-11-26(24)35-29(25)37)21-15-32-36(17-21)23-8-4-3-5-9-23;/h3-5,8-11,13-15,17,22,31,33H,6-7,12,16H2,1-2H3,(H,34,38)(H,35,37);1H. The van der Waals surface area contributed by atoms with Crippen LogP contribution in [-0.4, -0.2) is 45.7 Å². The molecule has 0 bridgehead atoms. The zero-order chi connectivity index (χ0) is 26.2. The van der Waals surface area contributed by atoms with Crippen molar-refractivity contribution in [3.8, 4) is 16.8 Å². The minimum absolute atomic E-state index is 0. The van der Waals surface area contributed by atoms with E-state index in [4.69, 9.17) is 0 Å². The van der Waals surface area contributed by atoms with Crippen molar-refractivity contribution in [2.45, 2.75) is 32.7 Å². The van der Waals surface area contributed by atoms with Gasteiger partial charge in [0, 0.05) is 47.0 Å². The first-order valence-electron chi connectivity index (χ1n) is 13.0. The zero-order valence-corrected chi connectivity index (χ0v) is 22.7. The summed E-state index contributed by atoms with van der Waals surface area (Å²) in [5.74, 6) is -0.244. The number of aromatic nitrogens is 3. The lowest BCUT2D eigenvalue weighted by Crippen LogP contribution is -2.45. The fraction of sp³-hybridized carbons (Fsp3) is 0.233. The van der Waals surface area contributed by atoms with Gasteiger partial charge >= 0.3 is 0 Å². The monoisotopic (exact) mass is 542 g/mol. The number of nitrogens with zero attached hydrogens (tertiary/aromatic N) is 2. The first-order chi connectivity index (χ1) is 18.5. The summed E-state index contributed by atoms with van der Waals surface area (Å²) < 4.78 is 1.84. The highest BCUT2D eigenvalue weighted by Gasteiger charge is 2.27. The average molecular weight is 543 g/mol. The summed E-state index contributed by atoms with van der Waals surface area (Å²) >= 11 is 0. The van der Waals surface area contributed by atoms with E-state index in [9.17, 15) is 9.59 Å². The van der Waals surface area contributed by atoms with E-state index in [0.717, 1.165) is 70.9 Å². The van der Waals surface area contributed by atoms with Gasteiger partial charge in [-0.15, -0.1) is 12.4 Å². The lowest BCUT2D eigenvalue weighted by Gasteiger charge is -2.23. The van der Waals surface area contributed by atoms with Crippen LogP contribution in [0.15, 0.2) is 60.9 Å². The third kappa shape index (κ3) is 5.13. The van der Waals surface area contributed by atoms with Crippen molar-refractivity contribution in [1.82, 2.24) is 25.4 Å². The maximum atomic E-state index is 13.1. The van der Waals surface area contributed by atoms with Crippen molar-refractivity contribution in [3.63, 3.8) is 0 Å². The summed E-state index contributed by atoms with van der Waals surface area (Å²) in [6.45, 7) is 5.60. The number of piperidine rings is 1. The molecule has 1 fully saturated rings. The molecule has 0 aliphatic carbocycles. The Morgan fingerprint density at radius 2 is 1.95 bits per heavy atom. The van der Waals surface area contributed by atoms with E-state index in [0.29, 0.717) is 11.1 Å². The van der Waals surface area contributed by atoms with E-state index in [1.807, 2.05) is 85.5 Å². The van der Waals surface area contributed by atoms with Gasteiger partial charge in [-0.05, 0) is 74.7 Å². The summed E-state index contributed by atoms with van der Waals surface area (Å²) in [6, 6.07) is 16.0. The maximum absolute atomic E-state index is 13.1. The molecule has 2 aromatic carbocycles. The second-order valence-corrected chi connectivity index (χ2v) is 9.96. The number of halogens is 1. The van der Waals surface area contributed by atoms with E-state index in [1.54, 1.807) is 0 Å². The highest BCUT2D eigenvalue weighted by Crippen LogP contribution is 2.37. The highest BCUT2D eigenvalue weighted by atomic mass is 35.5. The number of hydrogen-bond donors (Lipinski definition) is 4. The van der Waals surface area contributed by atoms with Crippen LogP contribution in [0.25, 0.3) is 28.5 Å². The summed E-state index contributed by atoms with van der Waals surface area (Å²) in [6.07, 6.45) is 7.68. The fourth-order valence-electron chi connectivity index (χ4n) is 5.34. The summed E-state index contributed by atoms with van der Waals surface area (Å²) in [5, 5.41) is 14.0. The number of H-pyrrole nitrogens is 1. The number of carbonyl (C=O) groups is 2. The molecular weight excluding hydrogens is 512 g/mol. The molecule has 2 aliphatic heterocycles. The number of carbonyl (C=O) groups excluding carboxylic acids is 2. The summed E-state index contributed by atoms with van der Waals surface area (Å²) in [4.78, 5) is 29.4. The molecule has 1 unspecified atom stereocenters. The molecule has 2 aromatic heterocycles. The van der Waals surface area contributed by atoms with Gasteiger partial charge < -0.3 is 20.9 Å². The molecule has 2 aliphatic rings. The van der Waals surface area contributed by atoms with E-state index < -0.39 is 0 Å². The van der Waals surface area contributed by atoms with Crippen LogP contribution in [0.2, 0.25) is 0 Å². The normalized spacial score (nSPS) is 17.4. The number of rotatable bonds is 5. The van der Waals surface area contributed by atoms with Gasteiger partial charge in [0.15, 0.2) is 0 Å². The van der Waals surface area contributed by atoms with Gasteiger partial charge in [0.2, 0.25) is 0 Å². The molecule has 4 N–H and O–H groups in total. The van der Waals surface area contributed by atoms with Gasteiger partial charge in [-0.2, -0.15) is 5.10 Å². The second kappa shape index (κ2) is 10.9. The molecule has 1 saturated heterocycles. The molecule has 0 saturated carbocycles. The molecule has 4 aromatic rings. The topological polar surface area (TPSA) is 104 Å². The van der Waals surface area contributed by atoms with Gasteiger partial charge in [0.05, 0.1) is 23.0 Å². The molecule has 0 radical (unpaired) electrons. The molecule has 200 valence electrons. The second-order valence-electron chi connectivity index (χ2n) is 9.96. The Kier molecular flexibility index (Phi) is 7.41. The lowest BCUT2D eigenvalue weighted by molar-refractivity contribution is -0.110. The van der Waals surface area contributed by atoms with Crippen LogP contribution in [0.5, 0.6) is 0 Å². The van der Waals surface area contributed by atoms with Gasteiger partial charge in [0.25, 0.3) is 11.8 Å². The van der Waals surface area contributed by atoms with Crippen LogP contribution < -0.4 is 16.0 Å². The quantitative estimate of drug-likeness (QED) is 0.270. The Morgan fingerprint density at radius 3 is 2.72 bits per heavy atom. The highest BCUT2D eigenvalue weighted by molar-refractivity contribution is 6.35.